The molecule has 0 unspecified atom stereocenters. The summed E-state index contributed by atoms with van der Waals surface area (Å²) in [4.78, 5) is 0. The molecule has 0 atom stereocenters. The van der Waals surface area contributed by atoms with Gasteiger partial charge in [-0.15, -0.1) is 5.10 Å². The number of hydrogen-bond donors (Lipinski definition) is 1. The van der Waals surface area contributed by atoms with Gasteiger partial charge in [-0.3, -0.25) is 0 Å². The number of rotatable bonds is 3. The van der Waals surface area contributed by atoms with Crippen molar-refractivity contribution in [3.63, 3.8) is 0 Å². The summed E-state index contributed by atoms with van der Waals surface area (Å²) in [5, 5.41) is 6.73. The fraction of sp³-hybridized carbons (Fsp3) is 0.429. The van der Waals surface area contributed by atoms with Gasteiger partial charge in [0.25, 0.3) is 0 Å². The quantitative estimate of drug-likeness (QED) is 0.766. The Morgan fingerprint density at radius 2 is 2.07 bits per heavy atom. The molecule has 7 heteroatoms. The lowest BCUT2D eigenvalue weighted by Gasteiger charge is -2.07. The zero-order chi connectivity index (χ0) is 10.8. The van der Waals surface area contributed by atoms with Crippen LogP contribution < -0.4 is 5.73 Å². The first-order chi connectivity index (χ1) is 6.39. The van der Waals surface area contributed by atoms with Crippen LogP contribution in [0.25, 0.3) is 0 Å². The molecule has 0 spiro atoms. The number of nitrogens with zero attached hydrogens (tertiary/aromatic N) is 2. The van der Waals surface area contributed by atoms with Crippen molar-refractivity contribution in [3.8, 4) is 0 Å². The van der Waals surface area contributed by atoms with Crippen molar-refractivity contribution in [2.45, 2.75) is 19.0 Å². The average Bonchev–Trinajstić information content (AvgIpc) is 2.45. The highest BCUT2D eigenvalue weighted by Crippen LogP contribution is 2.27. The van der Waals surface area contributed by atoms with Crippen LogP contribution in [-0.4, -0.2) is 16.4 Å². The summed E-state index contributed by atoms with van der Waals surface area (Å²) in [6.07, 6.45) is -4.65. The van der Waals surface area contributed by atoms with Gasteiger partial charge in [-0.2, -0.15) is 13.2 Å². The van der Waals surface area contributed by atoms with Gasteiger partial charge in [0, 0.05) is 12.0 Å². The van der Waals surface area contributed by atoms with Crippen LogP contribution in [0.2, 0.25) is 0 Å². The number of nitrogen functional groups attached to an aromatic ring is 1. The smallest absolute Gasteiger partial charge is 0.408 e. The first kappa shape index (κ1) is 10.6. The molecule has 0 aromatic carbocycles. The Balaban J connectivity index is 2.46. The van der Waals surface area contributed by atoms with Crippen LogP contribution in [0.3, 0.4) is 0 Å². The van der Waals surface area contributed by atoms with E-state index in [-0.39, 0.29) is 24.7 Å². The Kier molecular flexibility index (Phi) is 2.78. The third-order valence-electron chi connectivity index (χ3n) is 1.52. The van der Waals surface area contributed by atoms with Crippen molar-refractivity contribution in [2.75, 3.05) is 5.73 Å². The molecule has 0 aliphatic rings. The molecule has 0 bridgehead atoms. The lowest BCUT2D eigenvalue weighted by molar-refractivity contribution is -0.0936. The van der Waals surface area contributed by atoms with Gasteiger partial charge in [-0.1, -0.05) is 11.7 Å². The second kappa shape index (κ2) is 3.69. The zero-order valence-electron chi connectivity index (χ0n) is 7.14. The summed E-state index contributed by atoms with van der Waals surface area (Å²) >= 11 is 0. The fourth-order valence-corrected chi connectivity index (χ4v) is 0.767. The van der Waals surface area contributed by atoms with Gasteiger partial charge >= 0.3 is 12.2 Å². The molecule has 14 heavy (non-hydrogen) atoms. The fourth-order valence-electron chi connectivity index (χ4n) is 0.767. The summed E-state index contributed by atoms with van der Waals surface area (Å²) in [5.41, 5.74) is 4.26. The van der Waals surface area contributed by atoms with E-state index in [9.17, 15) is 13.2 Å². The normalized spacial score (nSPS) is 11.6. The standard InChI is InChI=1S/C7H8F3N3O/c1-4(7(8,9)10)2-3-5-12-13-6(11)14-5/h1-3H2,(H2,11,13). The molecule has 4 nitrogen and oxygen atoms in total. The number of allylic oxidation sites excluding steroid dienone is 1. The molecular formula is C7H8F3N3O. The first-order valence-corrected chi connectivity index (χ1v) is 3.72. The largest absolute Gasteiger partial charge is 0.412 e. The van der Waals surface area contributed by atoms with Crippen LogP contribution in [0, 0.1) is 0 Å². The minimum atomic E-state index is -4.37. The summed E-state index contributed by atoms with van der Waals surface area (Å²) in [5.74, 6) is 0.0768. The van der Waals surface area contributed by atoms with E-state index in [0.717, 1.165) is 0 Å². The van der Waals surface area contributed by atoms with E-state index in [2.05, 4.69) is 16.8 Å². The minimum absolute atomic E-state index is 0.0114. The summed E-state index contributed by atoms with van der Waals surface area (Å²) in [6.45, 7) is 2.90. The molecule has 78 valence electrons. The molecular weight excluding hydrogens is 199 g/mol. The van der Waals surface area contributed by atoms with Crippen molar-refractivity contribution >= 4 is 6.01 Å². The Morgan fingerprint density at radius 3 is 2.50 bits per heavy atom. The Morgan fingerprint density at radius 1 is 1.43 bits per heavy atom. The predicted molar refractivity (Wildman–Crippen MR) is 42.2 cm³/mol. The molecule has 1 heterocycles. The summed E-state index contributed by atoms with van der Waals surface area (Å²) in [6, 6.07) is -0.155. The zero-order valence-corrected chi connectivity index (χ0v) is 7.14. The number of aryl methyl sites for hydroxylation is 1. The van der Waals surface area contributed by atoms with E-state index in [0.29, 0.717) is 0 Å². The van der Waals surface area contributed by atoms with Crippen molar-refractivity contribution in [3.05, 3.63) is 18.0 Å². The van der Waals surface area contributed by atoms with E-state index in [1.165, 1.54) is 0 Å². The maximum Gasteiger partial charge on any atom is 0.412 e. The second-order valence-electron chi connectivity index (χ2n) is 2.64. The monoisotopic (exact) mass is 207 g/mol. The van der Waals surface area contributed by atoms with E-state index in [4.69, 9.17) is 10.2 Å². The SMILES string of the molecule is C=C(CCc1nnc(N)o1)C(F)(F)F. The molecule has 1 aromatic heterocycles. The predicted octanol–water partition coefficient (Wildman–Crippen LogP) is 1.70. The number of aromatic nitrogens is 2. The van der Waals surface area contributed by atoms with Gasteiger partial charge in [0.05, 0.1) is 0 Å². The molecule has 1 aromatic rings. The van der Waals surface area contributed by atoms with Crippen LogP contribution in [0.5, 0.6) is 0 Å². The highest BCUT2D eigenvalue weighted by atomic mass is 19.4. The highest BCUT2D eigenvalue weighted by Gasteiger charge is 2.31. The molecule has 0 aliphatic carbocycles. The Hall–Kier alpha value is -1.53. The molecule has 0 saturated carbocycles. The van der Waals surface area contributed by atoms with E-state index >= 15 is 0 Å². The third-order valence-corrected chi connectivity index (χ3v) is 1.52. The maximum atomic E-state index is 12.0. The minimum Gasteiger partial charge on any atom is -0.408 e. The van der Waals surface area contributed by atoms with Crippen LogP contribution >= 0.6 is 0 Å². The van der Waals surface area contributed by atoms with E-state index in [1.807, 2.05) is 0 Å². The highest BCUT2D eigenvalue weighted by molar-refractivity contribution is 5.07. The van der Waals surface area contributed by atoms with E-state index < -0.39 is 11.7 Å². The lowest BCUT2D eigenvalue weighted by atomic mass is 10.1. The van der Waals surface area contributed by atoms with Gasteiger partial charge in [0.2, 0.25) is 5.89 Å². The number of halogens is 3. The van der Waals surface area contributed by atoms with Gasteiger partial charge < -0.3 is 10.2 Å². The van der Waals surface area contributed by atoms with Crippen molar-refractivity contribution < 1.29 is 17.6 Å². The maximum absolute atomic E-state index is 12.0. The molecule has 0 amide bonds. The average molecular weight is 207 g/mol. The first-order valence-electron chi connectivity index (χ1n) is 3.72. The number of nitrogens with two attached hydrogens (primary N) is 1. The van der Waals surface area contributed by atoms with Gasteiger partial charge in [-0.25, -0.2) is 0 Å². The molecule has 1 rings (SSSR count). The molecule has 0 aliphatic heterocycles. The van der Waals surface area contributed by atoms with Crippen LogP contribution in [0.1, 0.15) is 12.3 Å². The third kappa shape index (κ3) is 2.75. The molecule has 0 radical (unpaired) electrons. The van der Waals surface area contributed by atoms with Crippen molar-refractivity contribution in [1.82, 2.24) is 10.2 Å². The number of alkyl halides is 3. The van der Waals surface area contributed by atoms with Crippen LogP contribution in [-0.2, 0) is 6.42 Å². The summed E-state index contributed by atoms with van der Waals surface area (Å²) in [7, 11) is 0. The van der Waals surface area contributed by atoms with Gasteiger partial charge in [0.15, 0.2) is 0 Å². The lowest BCUT2D eigenvalue weighted by Crippen LogP contribution is -2.11. The Bertz CT molecular complexity index is 331. The van der Waals surface area contributed by atoms with E-state index in [1.54, 1.807) is 0 Å². The van der Waals surface area contributed by atoms with Crippen LogP contribution in [0.15, 0.2) is 16.6 Å². The van der Waals surface area contributed by atoms with Crippen LogP contribution in [0.4, 0.5) is 19.2 Å². The summed E-state index contributed by atoms with van der Waals surface area (Å²) < 4.78 is 40.6. The molecule has 0 saturated heterocycles. The second-order valence-corrected chi connectivity index (χ2v) is 2.64. The molecule has 0 fully saturated rings. The number of hydrogen-bond acceptors (Lipinski definition) is 4. The van der Waals surface area contributed by atoms with Crippen molar-refractivity contribution in [1.29, 1.82) is 0 Å². The number of anilines is 1. The van der Waals surface area contributed by atoms with Gasteiger partial charge in [0.1, 0.15) is 0 Å². The molecule has 2 N–H and O–H groups in total. The Labute approximate surface area is 77.6 Å². The van der Waals surface area contributed by atoms with Crippen molar-refractivity contribution in [2.24, 2.45) is 0 Å². The van der Waals surface area contributed by atoms with Gasteiger partial charge in [-0.05, 0) is 6.42 Å². The topological polar surface area (TPSA) is 64.9 Å².